The monoisotopic (exact) mass is 324 g/mol. The van der Waals surface area contributed by atoms with Crippen LogP contribution < -0.4 is 24.4 Å². The second-order valence-electron chi connectivity index (χ2n) is 5.58. The number of rotatable bonds is 1. The minimum absolute atomic E-state index is 0.0997. The maximum absolute atomic E-state index is 13.0. The molecule has 0 atom stereocenters. The number of ether oxygens (including phenoxy) is 4. The summed E-state index contributed by atoms with van der Waals surface area (Å²) >= 11 is 0. The molecule has 0 amide bonds. The predicted octanol–water partition coefficient (Wildman–Crippen LogP) is 3.09. The maximum atomic E-state index is 13.0. The fourth-order valence-electron chi connectivity index (χ4n) is 3.10. The van der Waals surface area contributed by atoms with Gasteiger partial charge in [0.15, 0.2) is 17.3 Å². The average molecular weight is 324 g/mol. The first-order chi connectivity index (χ1) is 11.7. The summed E-state index contributed by atoms with van der Waals surface area (Å²) in [6, 6.07) is 8.67. The quantitative estimate of drug-likeness (QED) is 0.685. The highest BCUT2D eigenvalue weighted by molar-refractivity contribution is 5.86. The van der Waals surface area contributed by atoms with Crippen LogP contribution in [0, 0.1) is 0 Å². The van der Waals surface area contributed by atoms with Gasteiger partial charge in [-0.25, -0.2) is 0 Å². The van der Waals surface area contributed by atoms with Crippen LogP contribution in [0.15, 0.2) is 39.5 Å². The molecule has 3 aromatic rings. The molecule has 5 rings (SSSR count). The Balaban J connectivity index is 1.81. The van der Waals surface area contributed by atoms with Gasteiger partial charge in [0.1, 0.15) is 23.7 Å². The Kier molecular flexibility index (Phi) is 2.59. The Morgan fingerprint density at radius 2 is 1.83 bits per heavy atom. The third kappa shape index (κ3) is 1.73. The largest absolute Gasteiger partial charge is 0.497 e. The molecular weight excluding hydrogens is 312 g/mol. The third-order valence-corrected chi connectivity index (χ3v) is 4.28. The zero-order chi connectivity index (χ0) is 16.3. The van der Waals surface area contributed by atoms with Crippen LogP contribution in [0.5, 0.6) is 23.0 Å². The Morgan fingerprint density at radius 1 is 1.00 bits per heavy atom. The van der Waals surface area contributed by atoms with E-state index in [0.717, 1.165) is 0 Å². The van der Waals surface area contributed by atoms with Crippen molar-refractivity contribution in [2.24, 2.45) is 0 Å². The van der Waals surface area contributed by atoms with Crippen LogP contribution in [-0.2, 0) is 6.61 Å². The van der Waals surface area contributed by atoms with E-state index >= 15 is 0 Å². The van der Waals surface area contributed by atoms with Gasteiger partial charge in [0.05, 0.1) is 18.1 Å². The molecule has 0 saturated heterocycles. The van der Waals surface area contributed by atoms with Gasteiger partial charge in [-0.15, -0.1) is 0 Å². The van der Waals surface area contributed by atoms with Gasteiger partial charge in [-0.1, -0.05) is 0 Å². The Morgan fingerprint density at radius 3 is 2.67 bits per heavy atom. The lowest BCUT2D eigenvalue weighted by Crippen LogP contribution is -2.15. The van der Waals surface area contributed by atoms with Crippen molar-refractivity contribution in [1.29, 1.82) is 0 Å². The molecular formula is C18H12O6. The fraction of sp³-hybridized carbons (Fsp3) is 0.167. The molecule has 2 aromatic carbocycles. The minimum Gasteiger partial charge on any atom is -0.497 e. The van der Waals surface area contributed by atoms with Crippen LogP contribution in [0.2, 0.25) is 0 Å². The number of fused-ring (bicyclic) bond motifs is 5. The van der Waals surface area contributed by atoms with Crippen LogP contribution in [0.3, 0.4) is 0 Å². The zero-order valence-corrected chi connectivity index (χ0v) is 12.8. The minimum atomic E-state index is -0.0997. The van der Waals surface area contributed by atoms with Crippen molar-refractivity contribution in [3.8, 4) is 34.1 Å². The molecule has 0 unspecified atom stereocenters. The van der Waals surface area contributed by atoms with Gasteiger partial charge < -0.3 is 23.4 Å². The summed E-state index contributed by atoms with van der Waals surface area (Å²) in [5.74, 6) is 2.93. The molecule has 0 N–H and O–H groups in total. The maximum Gasteiger partial charge on any atom is 0.231 e. The SMILES string of the molecule is COc1ccc2c(=O)c3c(oc2c1)COc1cc2c(cc1-3)OCO2. The number of hydrogen-bond donors (Lipinski definition) is 0. The molecule has 2 aliphatic rings. The van der Waals surface area contributed by atoms with E-state index in [0.29, 0.717) is 50.9 Å². The summed E-state index contributed by atoms with van der Waals surface area (Å²) in [6.07, 6.45) is 0. The van der Waals surface area contributed by atoms with Crippen molar-refractivity contribution < 1.29 is 23.4 Å². The van der Waals surface area contributed by atoms with Crippen LogP contribution in [-0.4, -0.2) is 13.9 Å². The third-order valence-electron chi connectivity index (χ3n) is 4.28. The van der Waals surface area contributed by atoms with E-state index in [1.54, 1.807) is 37.4 Å². The standard InChI is InChI=1S/C18H12O6/c1-20-9-2-3-10-13(4-9)24-16-7-21-12-6-15-14(22-8-23-15)5-11(12)17(16)18(10)19/h2-6H,7-8H2,1H3. The molecule has 24 heavy (non-hydrogen) atoms. The summed E-state index contributed by atoms with van der Waals surface area (Å²) in [5, 5.41) is 0.500. The molecule has 0 fully saturated rings. The lowest BCUT2D eigenvalue weighted by Gasteiger charge is -2.20. The summed E-state index contributed by atoms with van der Waals surface area (Å²) in [4.78, 5) is 13.0. The predicted molar refractivity (Wildman–Crippen MR) is 84.9 cm³/mol. The number of hydrogen-bond acceptors (Lipinski definition) is 6. The van der Waals surface area contributed by atoms with Gasteiger partial charge in [0, 0.05) is 17.7 Å². The van der Waals surface area contributed by atoms with E-state index in [1.807, 2.05) is 0 Å². The molecule has 0 aliphatic carbocycles. The van der Waals surface area contributed by atoms with E-state index < -0.39 is 0 Å². The molecule has 2 aliphatic heterocycles. The Labute approximate surface area is 136 Å². The molecule has 0 radical (unpaired) electrons. The first kappa shape index (κ1) is 13.3. The van der Waals surface area contributed by atoms with E-state index in [-0.39, 0.29) is 18.8 Å². The van der Waals surface area contributed by atoms with Gasteiger partial charge in [-0.2, -0.15) is 0 Å². The number of methoxy groups -OCH3 is 1. The molecule has 120 valence electrons. The van der Waals surface area contributed by atoms with E-state index in [9.17, 15) is 4.79 Å². The van der Waals surface area contributed by atoms with Crippen LogP contribution in [0.1, 0.15) is 5.76 Å². The van der Waals surface area contributed by atoms with Crippen molar-refractivity contribution in [3.63, 3.8) is 0 Å². The molecule has 1 aromatic heterocycles. The highest BCUT2D eigenvalue weighted by Crippen LogP contribution is 2.45. The number of benzene rings is 2. The van der Waals surface area contributed by atoms with Gasteiger partial charge >= 0.3 is 0 Å². The Hall–Kier alpha value is -3.15. The molecule has 6 heteroatoms. The summed E-state index contributed by atoms with van der Waals surface area (Å²) in [7, 11) is 1.57. The summed E-state index contributed by atoms with van der Waals surface area (Å²) in [5.41, 5.74) is 1.54. The van der Waals surface area contributed by atoms with Crippen molar-refractivity contribution in [2.45, 2.75) is 6.61 Å². The van der Waals surface area contributed by atoms with Gasteiger partial charge in [-0.05, 0) is 18.2 Å². The fourth-order valence-corrected chi connectivity index (χ4v) is 3.10. The normalized spacial score (nSPS) is 14.0. The summed E-state index contributed by atoms with van der Waals surface area (Å²) in [6.45, 7) is 0.349. The zero-order valence-electron chi connectivity index (χ0n) is 12.8. The topological polar surface area (TPSA) is 67.1 Å². The van der Waals surface area contributed by atoms with E-state index in [4.69, 9.17) is 23.4 Å². The Bertz CT molecular complexity index is 1050. The molecule has 0 spiro atoms. The lowest BCUT2D eigenvalue weighted by atomic mass is 9.99. The van der Waals surface area contributed by atoms with Crippen molar-refractivity contribution in [3.05, 3.63) is 46.3 Å². The van der Waals surface area contributed by atoms with Crippen LogP contribution in [0.4, 0.5) is 0 Å². The smallest absolute Gasteiger partial charge is 0.231 e. The first-order valence-electron chi connectivity index (χ1n) is 7.45. The average Bonchev–Trinajstić information content (AvgIpc) is 3.06. The van der Waals surface area contributed by atoms with E-state index in [1.165, 1.54) is 0 Å². The van der Waals surface area contributed by atoms with Crippen molar-refractivity contribution >= 4 is 11.0 Å². The molecule has 3 heterocycles. The van der Waals surface area contributed by atoms with E-state index in [2.05, 4.69) is 0 Å². The summed E-state index contributed by atoms with van der Waals surface area (Å²) < 4.78 is 27.6. The molecule has 0 saturated carbocycles. The van der Waals surface area contributed by atoms with Crippen LogP contribution in [0.25, 0.3) is 22.1 Å². The van der Waals surface area contributed by atoms with Crippen molar-refractivity contribution in [2.75, 3.05) is 13.9 Å². The second kappa shape index (κ2) is 4.67. The van der Waals surface area contributed by atoms with Gasteiger partial charge in [0.2, 0.25) is 12.2 Å². The van der Waals surface area contributed by atoms with Crippen molar-refractivity contribution in [1.82, 2.24) is 0 Å². The van der Waals surface area contributed by atoms with Gasteiger partial charge in [0.25, 0.3) is 0 Å². The molecule has 6 nitrogen and oxygen atoms in total. The highest BCUT2D eigenvalue weighted by Gasteiger charge is 2.28. The van der Waals surface area contributed by atoms with Gasteiger partial charge in [-0.3, -0.25) is 4.79 Å². The first-order valence-corrected chi connectivity index (χ1v) is 7.45. The second-order valence-corrected chi connectivity index (χ2v) is 5.58. The van der Waals surface area contributed by atoms with Crippen LogP contribution >= 0.6 is 0 Å². The lowest BCUT2D eigenvalue weighted by molar-refractivity contribution is 0.173. The highest BCUT2D eigenvalue weighted by atomic mass is 16.7. The molecule has 0 bridgehead atoms.